The van der Waals surface area contributed by atoms with Crippen LogP contribution >= 0.6 is 0 Å². The molecule has 22 unspecified atom stereocenters. The van der Waals surface area contributed by atoms with E-state index < -0.39 is 122 Å². The average molecular weight is 913 g/mol. The summed E-state index contributed by atoms with van der Waals surface area (Å²) in [6.07, 6.45) is -12.2. The molecular weight excluding hydrogens is 836 g/mol. The lowest BCUT2D eigenvalue weighted by Crippen LogP contribution is -2.67. The Morgan fingerprint density at radius 2 is 1.25 bits per heavy atom. The van der Waals surface area contributed by atoms with Crippen molar-refractivity contribution >= 4 is 5.97 Å². The number of aliphatic hydroxyl groups is 9. The predicted octanol–water partition coefficient (Wildman–Crippen LogP) is 1.35. The molecule has 17 nitrogen and oxygen atoms in total. The maximum Gasteiger partial charge on any atom is 0.310 e. The Balaban J connectivity index is 1.07. The van der Waals surface area contributed by atoms with Gasteiger partial charge in [-0.1, -0.05) is 60.1 Å². The van der Waals surface area contributed by atoms with Gasteiger partial charge in [-0.2, -0.15) is 0 Å². The second-order valence-electron chi connectivity index (χ2n) is 23.0. The molecule has 0 amide bonds. The first-order valence-electron chi connectivity index (χ1n) is 23.7. The van der Waals surface area contributed by atoms with Crippen LogP contribution in [0, 0.1) is 50.2 Å². The molecule has 64 heavy (non-hydrogen) atoms. The van der Waals surface area contributed by atoms with E-state index in [9.17, 15) is 55.9 Å². The lowest BCUT2D eigenvalue weighted by molar-refractivity contribution is -0.389. The molecule has 0 bridgehead atoms. The molecule has 3 aliphatic heterocycles. The first-order valence-corrected chi connectivity index (χ1v) is 23.7. The second-order valence-corrected chi connectivity index (χ2v) is 23.0. The highest BCUT2D eigenvalue weighted by Crippen LogP contribution is 2.76. The number of carboxylic acid groups (broad SMARTS) is 1. The van der Waals surface area contributed by atoms with Gasteiger partial charge in [0.1, 0.15) is 67.1 Å². The van der Waals surface area contributed by atoms with E-state index in [0.717, 1.165) is 44.9 Å². The third kappa shape index (κ3) is 7.58. The van der Waals surface area contributed by atoms with Gasteiger partial charge >= 0.3 is 5.97 Å². The van der Waals surface area contributed by atoms with E-state index in [4.69, 9.17) is 28.4 Å². The molecule has 7 fully saturated rings. The third-order valence-electron chi connectivity index (χ3n) is 19.0. The van der Waals surface area contributed by atoms with Crippen LogP contribution in [0.4, 0.5) is 0 Å². The maximum atomic E-state index is 13.2. The fraction of sp³-hybridized carbons (Fsp3) is 0.936. The van der Waals surface area contributed by atoms with E-state index in [-0.39, 0.29) is 40.1 Å². The Morgan fingerprint density at radius 3 is 1.83 bits per heavy atom. The molecule has 366 valence electrons. The molecule has 0 aromatic heterocycles. The van der Waals surface area contributed by atoms with Gasteiger partial charge in [-0.05, 0) is 109 Å². The normalized spacial score (nSPS) is 53.5. The Morgan fingerprint density at radius 1 is 0.672 bits per heavy atom. The van der Waals surface area contributed by atoms with Crippen LogP contribution in [0.2, 0.25) is 0 Å². The first kappa shape index (κ1) is 49.0. The van der Waals surface area contributed by atoms with Crippen LogP contribution in [0.5, 0.6) is 0 Å². The van der Waals surface area contributed by atoms with Crippen molar-refractivity contribution in [3.8, 4) is 0 Å². The van der Waals surface area contributed by atoms with Crippen molar-refractivity contribution in [3.63, 3.8) is 0 Å². The summed E-state index contributed by atoms with van der Waals surface area (Å²) in [5.74, 6) is -0.132. The van der Waals surface area contributed by atoms with E-state index in [1.54, 1.807) is 0 Å². The van der Waals surface area contributed by atoms with Gasteiger partial charge in [0, 0.05) is 0 Å². The minimum absolute atomic E-state index is 0.0112. The summed E-state index contributed by atoms with van der Waals surface area (Å²) in [6, 6.07) is 0. The molecule has 0 aromatic rings. The molecule has 17 heteroatoms. The molecule has 8 aliphatic rings. The average Bonchev–Trinajstić information content (AvgIpc) is 3.23. The van der Waals surface area contributed by atoms with Crippen LogP contribution < -0.4 is 0 Å². The van der Waals surface area contributed by atoms with Crippen LogP contribution in [-0.4, -0.2) is 169 Å². The number of fused-ring (bicyclic) bond motifs is 7. The van der Waals surface area contributed by atoms with Crippen LogP contribution in [0.15, 0.2) is 11.6 Å². The van der Waals surface area contributed by atoms with Crippen molar-refractivity contribution in [1.29, 1.82) is 0 Å². The number of aliphatic carboxylic acids is 1. The smallest absolute Gasteiger partial charge is 0.310 e. The lowest BCUT2D eigenvalue weighted by Gasteiger charge is -2.71. The molecule has 0 radical (unpaired) electrons. The SMILES string of the molecule is CC1(C)CCC2(C(=O)O)CCC3(C)C(=CCC4C5(C)CCC(OC6OCC(O)C(OC7OC(CO)C(O)C(O)C7O)C6OC6OC(CO)C(O)C(O)C6O)C(C)(C)C5CCC43C)C2C1. The van der Waals surface area contributed by atoms with Gasteiger partial charge in [-0.3, -0.25) is 4.79 Å². The number of hydrogen-bond acceptors (Lipinski definition) is 16. The topological polar surface area (TPSA) is 275 Å². The van der Waals surface area contributed by atoms with Crippen molar-refractivity contribution in [2.24, 2.45) is 50.2 Å². The zero-order chi connectivity index (χ0) is 46.7. The zero-order valence-corrected chi connectivity index (χ0v) is 38.5. The molecule has 0 spiro atoms. The van der Waals surface area contributed by atoms with Gasteiger partial charge in [0.05, 0.1) is 31.3 Å². The molecular formula is C47H76O17. The monoisotopic (exact) mass is 913 g/mol. The molecule has 5 aliphatic carbocycles. The van der Waals surface area contributed by atoms with Crippen LogP contribution in [-0.2, 0) is 33.2 Å². The molecule has 0 aromatic carbocycles. The molecule has 4 saturated carbocycles. The number of hydrogen-bond donors (Lipinski definition) is 10. The Bertz CT molecular complexity index is 1740. The molecule has 10 N–H and O–H groups in total. The van der Waals surface area contributed by atoms with E-state index in [0.29, 0.717) is 25.2 Å². The fourth-order valence-corrected chi connectivity index (χ4v) is 14.9. The van der Waals surface area contributed by atoms with Crippen molar-refractivity contribution < 1.29 is 84.3 Å². The Kier molecular flexibility index (Phi) is 13.2. The van der Waals surface area contributed by atoms with Crippen LogP contribution in [0.3, 0.4) is 0 Å². The van der Waals surface area contributed by atoms with E-state index in [1.165, 1.54) is 5.57 Å². The molecule has 22 atom stereocenters. The predicted molar refractivity (Wildman–Crippen MR) is 225 cm³/mol. The largest absolute Gasteiger partial charge is 0.481 e. The highest BCUT2D eigenvalue weighted by molar-refractivity contribution is 5.76. The lowest BCUT2D eigenvalue weighted by atomic mass is 9.33. The van der Waals surface area contributed by atoms with Gasteiger partial charge in [0.15, 0.2) is 18.9 Å². The number of carbonyl (C=O) groups is 1. The van der Waals surface area contributed by atoms with Gasteiger partial charge in [-0.15, -0.1) is 0 Å². The highest BCUT2D eigenvalue weighted by Gasteiger charge is 2.70. The Hall–Kier alpha value is -1.39. The Labute approximate surface area is 376 Å². The summed E-state index contributed by atoms with van der Waals surface area (Å²) in [6.45, 7) is 14.5. The third-order valence-corrected chi connectivity index (χ3v) is 19.0. The summed E-state index contributed by atoms with van der Waals surface area (Å²) >= 11 is 0. The summed E-state index contributed by atoms with van der Waals surface area (Å²) < 4.78 is 36.9. The molecule has 3 heterocycles. The number of ether oxygens (including phenoxy) is 6. The van der Waals surface area contributed by atoms with E-state index in [1.807, 2.05) is 0 Å². The van der Waals surface area contributed by atoms with Gasteiger partial charge in [0.2, 0.25) is 0 Å². The van der Waals surface area contributed by atoms with Gasteiger partial charge < -0.3 is 79.5 Å². The second kappa shape index (κ2) is 17.2. The van der Waals surface area contributed by atoms with Crippen molar-refractivity contribution in [3.05, 3.63) is 11.6 Å². The maximum absolute atomic E-state index is 13.2. The minimum Gasteiger partial charge on any atom is -0.481 e. The van der Waals surface area contributed by atoms with Crippen molar-refractivity contribution in [2.45, 2.75) is 205 Å². The minimum atomic E-state index is -1.84. The van der Waals surface area contributed by atoms with Crippen LogP contribution in [0.1, 0.15) is 113 Å². The zero-order valence-electron chi connectivity index (χ0n) is 38.5. The molecule has 8 rings (SSSR count). The first-order chi connectivity index (χ1) is 29.9. The van der Waals surface area contributed by atoms with E-state index >= 15 is 0 Å². The van der Waals surface area contributed by atoms with Crippen molar-refractivity contribution in [2.75, 3.05) is 19.8 Å². The quantitative estimate of drug-likeness (QED) is 0.116. The van der Waals surface area contributed by atoms with Gasteiger partial charge in [0.25, 0.3) is 0 Å². The standard InChI is InChI=1S/C47H76O17/c1-42(2)14-16-47(41(57)58)17-15-45(6)22(23(47)18-42)8-9-28-44(5)12-11-29(43(3,4)27(44)10-13-46(28,45)7)62-40-37(64-39-35(56)33(54)31(52)26(20-49)61-39)36(24(50)21-59-40)63-38-34(55)32(53)30(51)25(19-48)60-38/h8,23-40,48-56H,9-21H2,1-7H3,(H,57,58). The molecule has 3 saturated heterocycles. The number of allylic oxidation sites excluding steroid dienone is 2. The number of rotatable bonds is 9. The van der Waals surface area contributed by atoms with Crippen LogP contribution in [0.25, 0.3) is 0 Å². The summed E-state index contributed by atoms with van der Waals surface area (Å²) in [5, 5.41) is 106. The summed E-state index contributed by atoms with van der Waals surface area (Å²) in [7, 11) is 0. The number of carboxylic acids is 1. The highest BCUT2D eigenvalue weighted by atomic mass is 16.8. The van der Waals surface area contributed by atoms with Gasteiger partial charge in [-0.25, -0.2) is 0 Å². The fourth-order valence-electron chi connectivity index (χ4n) is 14.9. The van der Waals surface area contributed by atoms with Crippen molar-refractivity contribution in [1.82, 2.24) is 0 Å². The summed E-state index contributed by atoms with van der Waals surface area (Å²) in [5.41, 5.74) is -0.0768. The number of aliphatic hydroxyl groups excluding tert-OH is 9. The summed E-state index contributed by atoms with van der Waals surface area (Å²) in [4.78, 5) is 13.2. The van der Waals surface area contributed by atoms with E-state index in [2.05, 4.69) is 54.5 Å².